The number of aromatic nitrogens is 1. The topological polar surface area (TPSA) is 74.0 Å². The SMILES string of the molecule is O=Cc1cccc(-c2ccc3[nH]cc(C(=O)NCC4CCNCC4)c3c2)c1. The molecule has 2 heterocycles. The Morgan fingerprint density at radius 1 is 1.11 bits per heavy atom. The van der Waals surface area contributed by atoms with E-state index in [4.69, 9.17) is 0 Å². The summed E-state index contributed by atoms with van der Waals surface area (Å²) >= 11 is 0. The Balaban J connectivity index is 1.57. The standard InChI is InChI=1S/C22H23N3O2/c26-14-16-2-1-3-17(10-16)18-4-5-21-19(11-18)20(13-24-21)22(27)25-12-15-6-8-23-9-7-15/h1-5,10-11,13-15,23-24H,6-9,12H2,(H,25,27). The van der Waals surface area contributed by atoms with Gasteiger partial charge in [-0.3, -0.25) is 9.59 Å². The zero-order valence-electron chi connectivity index (χ0n) is 15.1. The molecule has 0 saturated carbocycles. The largest absolute Gasteiger partial charge is 0.360 e. The Hall–Kier alpha value is -2.92. The van der Waals surface area contributed by atoms with E-state index < -0.39 is 0 Å². The highest BCUT2D eigenvalue weighted by molar-refractivity contribution is 6.07. The van der Waals surface area contributed by atoms with Gasteiger partial charge in [-0.1, -0.05) is 24.3 Å². The summed E-state index contributed by atoms with van der Waals surface area (Å²) < 4.78 is 0. The molecule has 0 spiro atoms. The van der Waals surface area contributed by atoms with E-state index in [2.05, 4.69) is 15.6 Å². The van der Waals surface area contributed by atoms with E-state index in [9.17, 15) is 9.59 Å². The first-order valence-corrected chi connectivity index (χ1v) is 9.40. The van der Waals surface area contributed by atoms with Crippen molar-refractivity contribution < 1.29 is 9.59 Å². The highest BCUT2D eigenvalue weighted by Crippen LogP contribution is 2.27. The maximum Gasteiger partial charge on any atom is 0.253 e. The molecule has 1 amide bonds. The molecule has 27 heavy (non-hydrogen) atoms. The smallest absolute Gasteiger partial charge is 0.253 e. The molecule has 1 aliphatic rings. The fourth-order valence-electron chi connectivity index (χ4n) is 3.70. The average Bonchev–Trinajstić information content (AvgIpc) is 3.16. The van der Waals surface area contributed by atoms with Gasteiger partial charge in [0.05, 0.1) is 5.56 Å². The Bertz CT molecular complexity index is 971. The first-order valence-electron chi connectivity index (χ1n) is 9.40. The molecule has 3 N–H and O–H groups in total. The molecule has 5 heteroatoms. The summed E-state index contributed by atoms with van der Waals surface area (Å²) in [5.74, 6) is 0.501. The molecule has 1 aromatic heterocycles. The van der Waals surface area contributed by atoms with Crippen LogP contribution in [0, 0.1) is 5.92 Å². The van der Waals surface area contributed by atoms with Gasteiger partial charge in [0, 0.05) is 29.2 Å². The van der Waals surface area contributed by atoms with E-state index in [1.807, 2.05) is 36.4 Å². The molecule has 1 saturated heterocycles. The third-order valence-electron chi connectivity index (χ3n) is 5.29. The van der Waals surface area contributed by atoms with Crippen molar-refractivity contribution in [3.05, 3.63) is 59.8 Å². The average molecular weight is 361 g/mol. The van der Waals surface area contributed by atoms with Crippen molar-refractivity contribution in [3.63, 3.8) is 0 Å². The van der Waals surface area contributed by atoms with Crippen molar-refractivity contribution in [1.82, 2.24) is 15.6 Å². The van der Waals surface area contributed by atoms with Crippen LogP contribution in [0.15, 0.2) is 48.7 Å². The minimum Gasteiger partial charge on any atom is -0.360 e. The number of aldehydes is 1. The van der Waals surface area contributed by atoms with Crippen molar-refractivity contribution in [3.8, 4) is 11.1 Å². The minimum absolute atomic E-state index is 0.0430. The Morgan fingerprint density at radius 2 is 1.93 bits per heavy atom. The molecule has 1 aliphatic heterocycles. The van der Waals surface area contributed by atoms with Crippen molar-refractivity contribution in [2.45, 2.75) is 12.8 Å². The number of amides is 1. The highest BCUT2D eigenvalue weighted by Gasteiger charge is 2.17. The highest BCUT2D eigenvalue weighted by atomic mass is 16.1. The molecule has 1 fully saturated rings. The van der Waals surface area contributed by atoms with Gasteiger partial charge >= 0.3 is 0 Å². The van der Waals surface area contributed by atoms with E-state index in [-0.39, 0.29) is 5.91 Å². The number of carbonyl (C=O) groups is 2. The van der Waals surface area contributed by atoms with Gasteiger partial charge in [-0.15, -0.1) is 0 Å². The molecule has 138 valence electrons. The Morgan fingerprint density at radius 3 is 2.74 bits per heavy atom. The number of piperidine rings is 1. The Labute approximate surface area is 158 Å². The van der Waals surface area contributed by atoms with Crippen LogP contribution in [-0.4, -0.2) is 36.8 Å². The zero-order valence-corrected chi connectivity index (χ0v) is 15.1. The molecule has 0 radical (unpaired) electrons. The van der Waals surface area contributed by atoms with Crippen LogP contribution in [0.3, 0.4) is 0 Å². The zero-order chi connectivity index (χ0) is 18.6. The van der Waals surface area contributed by atoms with E-state index in [1.54, 1.807) is 12.3 Å². The third kappa shape index (κ3) is 3.78. The normalized spacial score (nSPS) is 15.0. The molecule has 2 aromatic carbocycles. The van der Waals surface area contributed by atoms with E-state index in [0.29, 0.717) is 23.6 Å². The molecular weight excluding hydrogens is 338 g/mol. The van der Waals surface area contributed by atoms with Crippen molar-refractivity contribution >= 4 is 23.1 Å². The summed E-state index contributed by atoms with van der Waals surface area (Å²) in [5.41, 5.74) is 4.17. The number of aromatic amines is 1. The Kier molecular flexibility index (Phi) is 5.03. The van der Waals surface area contributed by atoms with Gasteiger partial charge in [-0.2, -0.15) is 0 Å². The first-order chi connectivity index (χ1) is 13.2. The number of H-pyrrole nitrogens is 1. The number of carbonyl (C=O) groups excluding carboxylic acids is 2. The fraction of sp³-hybridized carbons (Fsp3) is 0.273. The lowest BCUT2D eigenvalue weighted by Gasteiger charge is -2.22. The minimum atomic E-state index is -0.0430. The number of rotatable bonds is 5. The number of fused-ring (bicyclic) bond motifs is 1. The summed E-state index contributed by atoms with van der Waals surface area (Å²) in [6.45, 7) is 2.77. The van der Waals surface area contributed by atoms with Crippen LogP contribution in [0.1, 0.15) is 33.6 Å². The second-order valence-corrected chi connectivity index (χ2v) is 7.11. The van der Waals surface area contributed by atoms with Gasteiger partial charge in [0.15, 0.2) is 0 Å². The summed E-state index contributed by atoms with van der Waals surface area (Å²) in [6.07, 6.45) is 4.82. The van der Waals surface area contributed by atoms with Crippen LogP contribution in [0.4, 0.5) is 0 Å². The lowest BCUT2D eigenvalue weighted by atomic mass is 9.98. The quantitative estimate of drug-likeness (QED) is 0.610. The van der Waals surface area contributed by atoms with Crippen LogP contribution < -0.4 is 10.6 Å². The predicted octanol–water partition coefficient (Wildman–Crippen LogP) is 3.38. The van der Waals surface area contributed by atoms with E-state index in [0.717, 1.165) is 54.2 Å². The lowest BCUT2D eigenvalue weighted by Crippen LogP contribution is -2.35. The van der Waals surface area contributed by atoms with Gasteiger partial charge < -0.3 is 15.6 Å². The van der Waals surface area contributed by atoms with Crippen molar-refractivity contribution in [2.75, 3.05) is 19.6 Å². The molecule has 0 atom stereocenters. The van der Waals surface area contributed by atoms with Gasteiger partial charge in [0.25, 0.3) is 5.91 Å². The number of hydrogen-bond donors (Lipinski definition) is 3. The lowest BCUT2D eigenvalue weighted by molar-refractivity contribution is 0.0945. The van der Waals surface area contributed by atoms with Crippen LogP contribution in [0.5, 0.6) is 0 Å². The summed E-state index contributed by atoms with van der Waals surface area (Å²) in [5, 5.41) is 7.33. The van der Waals surface area contributed by atoms with Crippen molar-refractivity contribution in [2.24, 2.45) is 5.92 Å². The monoisotopic (exact) mass is 361 g/mol. The van der Waals surface area contributed by atoms with Crippen LogP contribution in [-0.2, 0) is 0 Å². The van der Waals surface area contributed by atoms with Gasteiger partial charge in [-0.25, -0.2) is 0 Å². The summed E-state index contributed by atoms with van der Waals surface area (Å²) in [4.78, 5) is 26.9. The van der Waals surface area contributed by atoms with Crippen LogP contribution >= 0.6 is 0 Å². The van der Waals surface area contributed by atoms with E-state index >= 15 is 0 Å². The van der Waals surface area contributed by atoms with Crippen molar-refractivity contribution in [1.29, 1.82) is 0 Å². The molecular formula is C22H23N3O2. The molecule has 4 rings (SSSR count). The van der Waals surface area contributed by atoms with Crippen LogP contribution in [0.25, 0.3) is 22.0 Å². The maximum absolute atomic E-state index is 12.7. The van der Waals surface area contributed by atoms with Crippen LogP contribution in [0.2, 0.25) is 0 Å². The number of nitrogens with one attached hydrogen (secondary N) is 3. The van der Waals surface area contributed by atoms with Gasteiger partial charge in [0.1, 0.15) is 6.29 Å². The first kappa shape index (κ1) is 17.5. The number of benzene rings is 2. The molecule has 0 unspecified atom stereocenters. The maximum atomic E-state index is 12.7. The molecule has 0 aliphatic carbocycles. The second-order valence-electron chi connectivity index (χ2n) is 7.11. The van der Waals surface area contributed by atoms with Gasteiger partial charge in [-0.05, 0) is 61.2 Å². The second kappa shape index (κ2) is 7.76. The molecule has 5 nitrogen and oxygen atoms in total. The van der Waals surface area contributed by atoms with Gasteiger partial charge in [0.2, 0.25) is 0 Å². The van der Waals surface area contributed by atoms with E-state index in [1.165, 1.54) is 0 Å². The fourth-order valence-corrected chi connectivity index (χ4v) is 3.70. The predicted molar refractivity (Wildman–Crippen MR) is 107 cm³/mol. The molecule has 0 bridgehead atoms. The number of hydrogen-bond acceptors (Lipinski definition) is 3. The molecule has 3 aromatic rings. The third-order valence-corrected chi connectivity index (χ3v) is 5.29. The summed E-state index contributed by atoms with van der Waals surface area (Å²) in [7, 11) is 0. The summed E-state index contributed by atoms with van der Waals surface area (Å²) in [6, 6.07) is 13.5.